The van der Waals surface area contributed by atoms with E-state index in [-0.39, 0.29) is 23.2 Å². The standard InChI is InChI=1S/C54H28FNO/c1-57-31-9-5-2-6-26(31)53-54-17-25-15-23-13-20-10-19-11-22-12-21-14-24-16-27(28(54)18-56(53)30-8-4-3-7-29(30)55)39-44-35(24)34(21)41-36(22)40-32(19)33(20)42-37(23)43-38(25)52(54)51(39)50-48(43)46(42)45(40)47(41)49(44)50/h2-9,11-13,15-16,25,28,37,53H,10,14,17-18H2,1H3. The Labute approximate surface area is 324 Å². The van der Waals surface area contributed by atoms with Gasteiger partial charge >= 0.3 is 0 Å². The predicted octanol–water partition coefficient (Wildman–Crippen LogP) is 12.6. The van der Waals surface area contributed by atoms with E-state index in [1.807, 2.05) is 25.3 Å². The third kappa shape index (κ3) is 2.17. The largest absolute Gasteiger partial charge is 0.496 e. The summed E-state index contributed by atoms with van der Waals surface area (Å²) in [4.78, 5) is 2.48. The lowest BCUT2D eigenvalue weighted by molar-refractivity contribution is 0.332. The average Bonchev–Trinajstić information content (AvgIpc) is 4.08. The van der Waals surface area contributed by atoms with Gasteiger partial charge in [0.1, 0.15) is 11.6 Å². The second-order valence-electron chi connectivity index (χ2n) is 19.3. The van der Waals surface area contributed by atoms with Crippen LogP contribution in [0.25, 0.3) is 91.8 Å². The Kier molecular flexibility index (Phi) is 3.50. The minimum Gasteiger partial charge on any atom is -0.496 e. The monoisotopic (exact) mass is 725 g/mol. The third-order valence-electron chi connectivity index (χ3n) is 17.8. The van der Waals surface area contributed by atoms with Gasteiger partial charge in [0.25, 0.3) is 0 Å². The maximum Gasteiger partial charge on any atom is 0.146 e. The Balaban J connectivity index is 1.12. The van der Waals surface area contributed by atoms with Crippen molar-refractivity contribution in [3.63, 3.8) is 0 Å². The SMILES string of the molecule is COc1ccccc1C1N(c2ccccc2F)CC2c3cc4c5c6c(cc7cc8c9c%10c%11c%12c%13c%14c%15c(c%16c3c5c(c%16%13)c3c6c7c9c%123)C21CC%15C=C(C=C%10C8)C%14%11)C4. The van der Waals surface area contributed by atoms with Gasteiger partial charge in [0.05, 0.1) is 18.8 Å². The van der Waals surface area contributed by atoms with Gasteiger partial charge in [0.2, 0.25) is 0 Å². The highest BCUT2D eigenvalue weighted by Crippen LogP contribution is 2.77. The van der Waals surface area contributed by atoms with Gasteiger partial charge < -0.3 is 9.64 Å². The first-order chi connectivity index (χ1) is 28.2. The second-order valence-corrected chi connectivity index (χ2v) is 19.3. The highest BCUT2D eigenvalue weighted by molar-refractivity contribution is 6.59. The van der Waals surface area contributed by atoms with E-state index in [0.717, 1.165) is 31.6 Å². The minimum absolute atomic E-state index is 0.104. The van der Waals surface area contributed by atoms with Crippen LogP contribution >= 0.6 is 0 Å². The van der Waals surface area contributed by atoms with E-state index in [1.165, 1.54) is 38.6 Å². The van der Waals surface area contributed by atoms with Crippen molar-refractivity contribution < 1.29 is 9.13 Å². The fourth-order valence-corrected chi connectivity index (χ4v) is 16.7. The van der Waals surface area contributed by atoms with E-state index >= 15 is 4.39 Å². The molecule has 7 aliphatic carbocycles. The van der Waals surface area contributed by atoms with Crippen LogP contribution in [0.1, 0.15) is 85.9 Å². The molecule has 0 amide bonds. The molecule has 8 aliphatic rings. The lowest BCUT2D eigenvalue weighted by Crippen LogP contribution is -2.38. The molecule has 57 heavy (non-hydrogen) atoms. The summed E-state index contributed by atoms with van der Waals surface area (Å²) in [6.45, 7) is 0.767. The van der Waals surface area contributed by atoms with Crippen LogP contribution < -0.4 is 9.64 Å². The fraction of sp³-hybridized carbons (Fsp3) is 0.185. The summed E-state index contributed by atoms with van der Waals surface area (Å²) < 4.78 is 22.8. The van der Waals surface area contributed by atoms with Gasteiger partial charge in [-0.2, -0.15) is 0 Å². The summed E-state index contributed by atoms with van der Waals surface area (Å²) in [7, 11) is 1.81. The van der Waals surface area contributed by atoms with Crippen LogP contribution in [-0.2, 0) is 18.3 Å². The van der Waals surface area contributed by atoms with E-state index in [9.17, 15) is 0 Å². The van der Waals surface area contributed by atoms with Gasteiger partial charge in [-0.1, -0.05) is 60.7 Å². The summed E-state index contributed by atoms with van der Waals surface area (Å²) in [6.07, 6.45) is 8.44. The van der Waals surface area contributed by atoms with Crippen molar-refractivity contribution in [3.05, 3.63) is 146 Å². The summed E-state index contributed by atoms with van der Waals surface area (Å²) in [5, 5.41) is 25.0. The van der Waals surface area contributed by atoms with Gasteiger partial charge in [0, 0.05) is 35.3 Å². The van der Waals surface area contributed by atoms with Crippen molar-refractivity contribution in [3.8, 4) is 5.75 Å². The van der Waals surface area contributed by atoms with E-state index in [2.05, 4.69) is 59.5 Å². The number of rotatable bonds is 3. The molecule has 1 aliphatic heterocycles. The maximum absolute atomic E-state index is 16.5. The molecular weight excluding hydrogens is 698 g/mol. The van der Waals surface area contributed by atoms with E-state index in [1.54, 1.807) is 120 Å². The summed E-state index contributed by atoms with van der Waals surface area (Å²) >= 11 is 0. The number of para-hydroxylation sites is 2. The van der Waals surface area contributed by atoms with Crippen LogP contribution in [0.3, 0.4) is 0 Å². The molecule has 11 aromatic rings. The second kappa shape index (κ2) is 7.50. The molecule has 0 bridgehead atoms. The molecule has 262 valence electrons. The number of ether oxygens (including phenoxy) is 1. The number of nitrogens with zero attached hydrogens (tertiary/aromatic N) is 1. The topological polar surface area (TPSA) is 12.5 Å². The zero-order valence-corrected chi connectivity index (χ0v) is 30.9. The molecule has 19 rings (SSSR count). The molecule has 0 radical (unpaired) electrons. The van der Waals surface area contributed by atoms with Gasteiger partial charge in [-0.15, -0.1) is 0 Å². The number of halogens is 1. The lowest BCUT2D eigenvalue weighted by atomic mass is 9.60. The highest BCUT2D eigenvalue weighted by atomic mass is 19.1. The minimum atomic E-state index is -0.282. The van der Waals surface area contributed by atoms with Crippen molar-refractivity contribution in [1.82, 2.24) is 0 Å². The van der Waals surface area contributed by atoms with E-state index in [4.69, 9.17) is 4.74 Å². The molecule has 5 unspecified atom stereocenters. The zero-order valence-electron chi connectivity index (χ0n) is 30.9. The Morgan fingerprint density at radius 3 is 2.26 bits per heavy atom. The number of hydrogen-bond acceptors (Lipinski definition) is 2. The Morgan fingerprint density at radius 1 is 0.667 bits per heavy atom. The molecule has 1 spiro atoms. The number of methoxy groups -OCH3 is 1. The van der Waals surface area contributed by atoms with Gasteiger partial charge in [-0.25, -0.2) is 4.39 Å². The summed E-state index contributed by atoms with van der Waals surface area (Å²) in [5.41, 5.74) is 18.9. The number of benzene rings is 9. The first kappa shape index (κ1) is 26.6. The third-order valence-corrected chi connectivity index (χ3v) is 17.8. The molecule has 0 saturated carbocycles. The molecule has 0 aromatic heterocycles. The highest BCUT2D eigenvalue weighted by Gasteiger charge is 2.66. The number of hydrogen-bond donors (Lipinski definition) is 0. The van der Waals surface area contributed by atoms with Crippen molar-refractivity contribution in [1.29, 1.82) is 0 Å². The molecule has 0 N–H and O–H groups in total. The summed E-state index contributed by atoms with van der Waals surface area (Å²) in [5.74, 6) is 1.54. The van der Waals surface area contributed by atoms with Gasteiger partial charge in [-0.05, 0) is 185 Å². The van der Waals surface area contributed by atoms with Crippen LogP contribution in [-0.4, -0.2) is 13.7 Å². The smallest absolute Gasteiger partial charge is 0.146 e. The van der Waals surface area contributed by atoms with Gasteiger partial charge in [0.15, 0.2) is 0 Å². The predicted molar refractivity (Wildman–Crippen MR) is 228 cm³/mol. The summed E-state index contributed by atoms with van der Waals surface area (Å²) in [6, 6.07) is 24.0. The fourth-order valence-electron chi connectivity index (χ4n) is 16.7. The Morgan fingerprint density at radius 2 is 1.39 bits per heavy atom. The molecule has 1 saturated heterocycles. The van der Waals surface area contributed by atoms with Crippen LogP contribution in [0, 0.1) is 5.82 Å². The number of anilines is 1. The van der Waals surface area contributed by atoms with E-state index in [0.29, 0.717) is 17.5 Å². The van der Waals surface area contributed by atoms with Crippen LogP contribution in [0.5, 0.6) is 5.75 Å². The average molecular weight is 726 g/mol. The molecular formula is C54H28FNO. The van der Waals surface area contributed by atoms with Crippen molar-refractivity contribution in [2.75, 3.05) is 18.6 Å². The zero-order chi connectivity index (χ0) is 36.0. The molecule has 1 heterocycles. The van der Waals surface area contributed by atoms with Crippen molar-refractivity contribution >= 4 is 97.4 Å². The molecule has 1 fully saturated rings. The van der Waals surface area contributed by atoms with Crippen LogP contribution in [0.4, 0.5) is 10.1 Å². The molecule has 2 nitrogen and oxygen atoms in total. The molecule has 11 aromatic carbocycles. The van der Waals surface area contributed by atoms with Crippen LogP contribution in [0.2, 0.25) is 0 Å². The van der Waals surface area contributed by atoms with E-state index < -0.39 is 0 Å². The normalized spacial score (nSPS) is 26.0. The Hall–Kier alpha value is -6.19. The lowest BCUT2D eigenvalue weighted by Gasteiger charge is -2.43. The van der Waals surface area contributed by atoms with Gasteiger partial charge in [-0.3, -0.25) is 0 Å². The molecule has 3 heteroatoms. The first-order valence-corrected chi connectivity index (χ1v) is 21.1. The Bertz CT molecular complexity index is 4010. The quantitative estimate of drug-likeness (QED) is 0.168. The first-order valence-electron chi connectivity index (χ1n) is 21.1. The molecule has 5 atom stereocenters. The number of fused-ring (bicyclic) bond motifs is 1. The van der Waals surface area contributed by atoms with Crippen LogP contribution in [0.15, 0.2) is 84.5 Å². The maximum atomic E-state index is 16.5. The number of allylic oxidation sites excluding steroid dienone is 4. The van der Waals surface area contributed by atoms with Crippen molar-refractivity contribution in [2.24, 2.45) is 0 Å². The van der Waals surface area contributed by atoms with Crippen molar-refractivity contribution in [2.45, 2.75) is 48.5 Å².